The molecule has 0 unspecified atom stereocenters. The number of rotatable bonds is 0. The maximum absolute atomic E-state index is 11.8. The summed E-state index contributed by atoms with van der Waals surface area (Å²) >= 11 is 0. The highest BCUT2D eigenvalue weighted by atomic mass is 16.7. The van der Waals surface area contributed by atoms with Crippen LogP contribution in [-0.2, 0) is 47.4 Å². The molecule has 10 rings (SSSR count). The van der Waals surface area contributed by atoms with Gasteiger partial charge in [-0.2, -0.15) is 0 Å². The van der Waals surface area contributed by atoms with E-state index < -0.39 is 24.1 Å². The second kappa shape index (κ2) is 15.1. The zero-order valence-corrected chi connectivity index (χ0v) is 32.4. The minimum Gasteiger partial charge on any atom is -0.391 e. The van der Waals surface area contributed by atoms with Crippen LogP contribution in [0.15, 0.2) is 12.2 Å². The van der Waals surface area contributed by atoms with Gasteiger partial charge >= 0.3 is 0 Å². The summed E-state index contributed by atoms with van der Waals surface area (Å²) in [6, 6.07) is 0. The number of fused-ring (bicyclic) bond motifs is 8. The average molecular weight is 761 g/mol. The van der Waals surface area contributed by atoms with Crippen LogP contribution in [0.5, 0.6) is 0 Å². The summed E-state index contributed by atoms with van der Waals surface area (Å²) in [7, 11) is 0. The van der Waals surface area contributed by atoms with Crippen LogP contribution >= 0.6 is 0 Å². The maximum Gasteiger partial charge on any atom is 0.174 e. The molecule has 22 atom stereocenters. The van der Waals surface area contributed by atoms with Gasteiger partial charge in [0.1, 0.15) is 6.10 Å². The molecule has 9 fully saturated rings. The summed E-state index contributed by atoms with van der Waals surface area (Å²) in [6.07, 6.45) is 12.7. The lowest BCUT2D eigenvalue weighted by Crippen LogP contribution is -2.61. The van der Waals surface area contributed by atoms with Gasteiger partial charge in [-0.15, -0.1) is 0 Å². The number of hydrogen-bond donors (Lipinski definition) is 2. The fourth-order valence-corrected chi connectivity index (χ4v) is 12.1. The molecule has 0 radical (unpaired) electrons. The second-order valence-corrected chi connectivity index (χ2v) is 18.6. The molecular weight excluding hydrogens is 696 g/mol. The van der Waals surface area contributed by atoms with E-state index in [0.29, 0.717) is 12.8 Å². The monoisotopic (exact) mass is 760 g/mol. The standard InChI is InChI=1S/C42H64O12/c1-21-23(3)42(19-24(43)20-46-42)54-41-38(44)22(2)39-37(53-40(21)41)18-36-29(52-39)11-6-10-28-34(51-36)17-35-31(48-28)14-13-30-25(49-35)8-4-5-9-27-33(50-30)16-32-26(47-27)12-7-15-45-32/h4-5,21-41,43-44H,6-20H2,1-3H3/b5-4-/t21-,22-,23-,24-,25-,26-,27+,28+,29-,30+,31-,32+,33-,34-,35+,36+,37-,38-,39+,40+,41-,42+/m0/s1. The van der Waals surface area contributed by atoms with Crippen LogP contribution in [0.2, 0.25) is 0 Å². The van der Waals surface area contributed by atoms with E-state index in [1.165, 1.54) is 0 Å². The molecular formula is C42H64O12. The zero-order chi connectivity index (χ0) is 36.7. The highest BCUT2D eigenvalue weighted by Crippen LogP contribution is 2.50. The Kier molecular flexibility index (Phi) is 10.5. The molecule has 12 heteroatoms. The van der Waals surface area contributed by atoms with E-state index in [4.69, 9.17) is 47.4 Å². The first-order valence-electron chi connectivity index (χ1n) is 21.8. The van der Waals surface area contributed by atoms with Crippen molar-refractivity contribution in [1.82, 2.24) is 0 Å². The van der Waals surface area contributed by atoms with Gasteiger partial charge in [0, 0.05) is 44.1 Å². The quantitative estimate of drug-likeness (QED) is 0.344. The molecule has 0 aromatic carbocycles. The Morgan fingerprint density at radius 1 is 0.519 bits per heavy atom. The van der Waals surface area contributed by atoms with Crippen molar-refractivity contribution >= 4 is 0 Å². The van der Waals surface area contributed by atoms with Crippen molar-refractivity contribution in [1.29, 1.82) is 0 Å². The zero-order valence-electron chi connectivity index (χ0n) is 32.4. The van der Waals surface area contributed by atoms with E-state index in [1.807, 2.05) is 0 Å². The van der Waals surface area contributed by atoms with Crippen LogP contribution in [-0.4, -0.2) is 139 Å². The minimum atomic E-state index is -0.917. The Hall–Kier alpha value is -0.740. The summed E-state index contributed by atoms with van der Waals surface area (Å²) < 4.78 is 67.5. The Morgan fingerprint density at radius 3 is 1.81 bits per heavy atom. The van der Waals surface area contributed by atoms with E-state index in [0.717, 1.165) is 77.2 Å². The fourth-order valence-electron chi connectivity index (χ4n) is 12.1. The first-order valence-corrected chi connectivity index (χ1v) is 21.8. The Morgan fingerprint density at radius 2 is 1.06 bits per heavy atom. The van der Waals surface area contributed by atoms with Crippen molar-refractivity contribution in [3.8, 4) is 0 Å². The van der Waals surface area contributed by atoms with Crippen LogP contribution in [0.1, 0.15) is 104 Å². The second-order valence-electron chi connectivity index (χ2n) is 18.6. The van der Waals surface area contributed by atoms with Gasteiger partial charge in [-0.05, 0) is 63.7 Å². The van der Waals surface area contributed by atoms with Gasteiger partial charge < -0.3 is 57.6 Å². The highest BCUT2D eigenvalue weighted by molar-refractivity contribution is 5.06. The normalized spacial score (nSPS) is 58.1. The molecule has 12 nitrogen and oxygen atoms in total. The summed E-state index contributed by atoms with van der Waals surface area (Å²) in [5.41, 5.74) is 0. The molecule has 10 aliphatic heterocycles. The van der Waals surface area contributed by atoms with Crippen LogP contribution < -0.4 is 0 Å². The summed E-state index contributed by atoms with van der Waals surface area (Å²) in [5, 5.41) is 22.2. The topological polar surface area (TPSA) is 133 Å². The lowest BCUT2D eigenvalue weighted by molar-refractivity contribution is -0.339. The van der Waals surface area contributed by atoms with E-state index in [1.54, 1.807) is 0 Å². The lowest BCUT2D eigenvalue weighted by Gasteiger charge is -2.51. The fraction of sp³-hybridized carbons (Fsp3) is 0.952. The Balaban J connectivity index is 0.830. The van der Waals surface area contributed by atoms with E-state index in [9.17, 15) is 10.2 Å². The predicted octanol–water partition coefficient (Wildman–Crippen LogP) is 4.14. The van der Waals surface area contributed by atoms with Crippen molar-refractivity contribution in [3.63, 3.8) is 0 Å². The van der Waals surface area contributed by atoms with E-state index in [2.05, 4.69) is 32.9 Å². The molecule has 10 aliphatic rings. The first-order chi connectivity index (χ1) is 26.2. The number of ether oxygens (including phenoxy) is 10. The maximum atomic E-state index is 11.8. The summed E-state index contributed by atoms with van der Waals surface area (Å²) in [6.45, 7) is 7.38. The van der Waals surface area contributed by atoms with Gasteiger partial charge in [0.2, 0.25) is 0 Å². The van der Waals surface area contributed by atoms with Crippen molar-refractivity contribution in [2.45, 2.75) is 220 Å². The summed E-state index contributed by atoms with van der Waals surface area (Å²) in [5.74, 6) is -1.11. The molecule has 0 amide bonds. The van der Waals surface area contributed by atoms with Crippen molar-refractivity contribution in [3.05, 3.63) is 12.2 Å². The third-order valence-corrected chi connectivity index (χ3v) is 15.3. The molecule has 9 saturated heterocycles. The van der Waals surface area contributed by atoms with Crippen LogP contribution in [0.25, 0.3) is 0 Å². The molecule has 0 aliphatic carbocycles. The minimum absolute atomic E-state index is 0.00371. The smallest absolute Gasteiger partial charge is 0.174 e. The number of hydrogen-bond acceptors (Lipinski definition) is 12. The number of aliphatic hydroxyl groups is 2. The Bertz CT molecular complexity index is 1350. The van der Waals surface area contributed by atoms with Crippen LogP contribution in [0.4, 0.5) is 0 Å². The van der Waals surface area contributed by atoms with Gasteiger partial charge in [-0.1, -0.05) is 32.9 Å². The molecule has 0 aromatic heterocycles. The van der Waals surface area contributed by atoms with Crippen LogP contribution in [0.3, 0.4) is 0 Å². The first kappa shape index (κ1) is 37.5. The molecule has 0 saturated carbocycles. The Labute approximate surface area is 320 Å². The molecule has 54 heavy (non-hydrogen) atoms. The van der Waals surface area contributed by atoms with Crippen molar-refractivity contribution in [2.75, 3.05) is 13.2 Å². The van der Waals surface area contributed by atoms with Gasteiger partial charge in [0.15, 0.2) is 5.79 Å². The largest absolute Gasteiger partial charge is 0.391 e. The average Bonchev–Trinajstić information content (AvgIpc) is 3.45. The van der Waals surface area contributed by atoms with Gasteiger partial charge in [0.05, 0.1) is 110 Å². The van der Waals surface area contributed by atoms with Crippen LogP contribution in [0, 0.1) is 17.8 Å². The third kappa shape index (κ3) is 6.77. The molecule has 10 heterocycles. The van der Waals surface area contributed by atoms with Gasteiger partial charge in [-0.25, -0.2) is 0 Å². The van der Waals surface area contributed by atoms with E-state index >= 15 is 0 Å². The highest BCUT2D eigenvalue weighted by Gasteiger charge is 2.61. The molecule has 0 aromatic rings. The molecule has 2 N–H and O–H groups in total. The number of aliphatic hydroxyl groups excluding tert-OH is 2. The van der Waals surface area contributed by atoms with Crippen molar-refractivity contribution in [2.24, 2.45) is 17.8 Å². The van der Waals surface area contributed by atoms with Gasteiger partial charge in [0.25, 0.3) is 0 Å². The van der Waals surface area contributed by atoms with E-state index in [-0.39, 0.29) is 116 Å². The molecule has 304 valence electrons. The van der Waals surface area contributed by atoms with Crippen molar-refractivity contribution < 1.29 is 57.6 Å². The summed E-state index contributed by atoms with van der Waals surface area (Å²) in [4.78, 5) is 0. The predicted molar refractivity (Wildman–Crippen MR) is 193 cm³/mol. The third-order valence-electron chi connectivity index (χ3n) is 15.3. The lowest BCUT2D eigenvalue weighted by atomic mass is 9.76. The van der Waals surface area contributed by atoms with Gasteiger partial charge in [-0.3, -0.25) is 0 Å². The molecule has 1 spiro atoms. The molecule has 0 bridgehead atoms. The SMILES string of the molecule is C[C@@H]1[C@H]2O[C@H]3C[C@H]4O[C@H]5C[C@H]6O[C@H]7C/C=C\C[C@H]8O[C@H]9CCCO[C@@H]9C[C@@H]8O[C@@H]7CC[C@@H]6O[C@@H]5CCC[C@@H]4O[C@@H]3[C@@H](C)[C@H](O)[C@@H]2O[C@]2(C[C@H](O)CO2)[C@H]1C.